The molecule has 1 unspecified atom stereocenters. The first-order chi connectivity index (χ1) is 13.0. The van der Waals surface area contributed by atoms with Crippen molar-refractivity contribution in [1.29, 1.82) is 0 Å². The van der Waals surface area contributed by atoms with Crippen molar-refractivity contribution in [3.8, 4) is 0 Å². The van der Waals surface area contributed by atoms with Crippen LogP contribution in [0.1, 0.15) is 24.8 Å². The number of aryl methyl sites for hydroxylation is 1. The van der Waals surface area contributed by atoms with Crippen molar-refractivity contribution >= 4 is 20.9 Å². The molecule has 1 aromatic carbocycles. The quantitative estimate of drug-likeness (QED) is 0.736. The van der Waals surface area contributed by atoms with Crippen LogP contribution in [0.4, 0.5) is 4.39 Å². The van der Waals surface area contributed by atoms with Crippen molar-refractivity contribution in [3.63, 3.8) is 0 Å². The topological polar surface area (TPSA) is 50.3 Å². The van der Waals surface area contributed by atoms with Crippen LogP contribution in [-0.2, 0) is 10.0 Å². The number of allylic oxidation sites excluding steroid dienone is 4. The summed E-state index contributed by atoms with van der Waals surface area (Å²) in [7, 11) is -3.62. The lowest BCUT2D eigenvalue weighted by molar-refractivity contribution is 0.231. The Morgan fingerprint density at radius 2 is 2.00 bits per heavy atom. The van der Waals surface area contributed by atoms with Crippen molar-refractivity contribution in [3.05, 3.63) is 60.1 Å². The number of piperidine rings is 1. The number of fused-ring (bicyclic) bond motifs is 1. The monoisotopic (exact) mass is 386 g/mol. The molecular formula is C21H23FN2O2S. The van der Waals surface area contributed by atoms with E-state index in [-0.39, 0.29) is 22.6 Å². The van der Waals surface area contributed by atoms with Gasteiger partial charge < -0.3 is 0 Å². The molecule has 1 aliphatic carbocycles. The van der Waals surface area contributed by atoms with E-state index in [1.807, 2.05) is 31.2 Å². The van der Waals surface area contributed by atoms with E-state index < -0.39 is 10.0 Å². The minimum absolute atomic E-state index is 0.0765. The number of halogens is 1. The standard InChI is InChI=1S/C21H23FN2O2S/c1-15-13-17-5-4-8-20(21(17)23-14-15)27(25,26)24-11-9-16(10-12-24)18-6-2-3-7-19(18)22/h2,4-8,13-14,16,18H,3,9-12H2,1H3. The van der Waals surface area contributed by atoms with E-state index in [2.05, 4.69) is 4.98 Å². The third kappa shape index (κ3) is 3.44. The molecule has 2 heterocycles. The molecule has 4 rings (SSSR count). The maximum Gasteiger partial charge on any atom is 0.245 e. The van der Waals surface area contributed by atoms with Crippen molar-refractivity contribution in [2.24, 2.45) is 11.8 Å². The van der Waals surface area contributed by atoms with Crippen LogP contribution < -0.4 is 0 Å². The van der Waals surface area contributed by atoms with Gasteiger partial charge in [0.1, 0.15) is 10.7 Å². The van der Waals surface area contributed by atoms with E-state index in [0.717, 1.165) is 10.9 Å². The SMILES string of the molecule is Cc1cnc2c(S(=O)(=O)N3CCC(C4C=CCC=C4F)CC3)cccc2c1. The normalized spacial score (nSPS) is 22.1. The highest BCUT2D eigenvalue weighted by Gasteiger charge is 2.34. The minimum Gasteiger partial charge on any atom is -0.255 e. The van der Waals surface area contributed by atoms with Crippen LogP contribution in [0.25, 0.3) is 10.9 Å². The summed E-state index contributed by atoms with van der Waals surface area (Å²) < 4.78 is 42.1. The lowest BCUT2D eigenvalue weighted by Crippen LogP contribution is -2.40. The summed E-state index contributed by atoms with van der Waals surface area (Å²) in [5, 5.41) is 0.825. The van der Waals surface area contributed by atoms with Gasteiger partial charge in [0, 0.05) is 30.6 Å². The summed E-state index contributed by atoms with van der Waals surface area (Å²) in [4.78, 5) is 4.62. The fraction of sp³-hybridized carbons (Fsp3) is 0.381. The van der Waals surface area contributed by atoms with Gasteiger partial charge in [-0.15, -0.1) is 0 Å². The molecule has 1 fully saturated rings. The second kappa shape index (κ2) is 7.17. The molecule has 0 amide bonds. The van der Waals surface area contributed by atoms with Gasteiger partial charge in [-0.1, -0.05) is 24.3 Å². The number of nitrogens with zero attached hydrogens (tertiary/aromatic N) is 2. The number of rotatable bonds is 3. The molecule has 27 heavy (non-hydrogen) atoms. The zero-order valence-corrected chi connectivity index (χ0v) is 16.1. The van der Waals surface area contributed by atoms with Crippen LogP contribution in [0, 0.1) is 18.8 Å². The summed E-state index contributed by atoms with van der Waals surface area (Å²) in [5.41, 5.74) is 1.50. The first-order valence-corrected chi connectivity index (χ1v) is 10.8. The van der Waals surface area contributed by atoms with Gasteiger partial charge in [0.15, 0.2) is 0 Å². The van der Waals surface area contributed by atoms with E-state index in [1.165, 1.54) is 4.31 Å². The van der Waals surface area contributed by atoms with E-state index in [4.69, 9.17) is 0 Å². The van der Waals surface area contributed by atoms with Crippen molar-refractivity contribution in [1.82, 2.24) is 9.29 Å². The molecule has 0 saturated carbocycles. The number of hydrogen-bond acceptors (Lipinski definition) is 3. The van der Waals surface area contributed by atoms with Crippen molar-refractivity contribution in [2.75, 3.05) is 13.1 Å². The Bertz CT molecular complexity index is 1020. The van der Waals surface area contributed by atoms with Crippen LogP contribution in [0.2, 0.25) is 0 Å². The lowest BCUT2D eigenvalue weighted by atomic mass is 9.82. The van der Waals surface area contributed by atoms with Crippen molar-refractivity contribution < 1.29 is 12.8 Å². The second-order valence-electron chi connectivity index (χ2n) is 7.36. The number of pyridine rings is 1. The predicted molar refractivity (Wildman–Crippen MR) is 104 cm³/mol. The van der Waals surface area contributed by atoms with Gasteiger partial charge in [-0.25, -0.2) is 12.8 Å². The first kappa shape index (κ1) is 18.3. The number of benzene rings is 1. The van der Waals surface area contributed by atoms with Crippen LogP contribution in [-0.4, -0.2) is 30.8 Å². The van der Waals surface area contributed by atoms with Gasteiger partial charge in [-0.05, 0) is 55.9 Å². The number of para-hydroxylation sites is 1. The zero-order valence-electron chi connectivity index (χ0n) is 15.3. The summed E-state index contributed by atoms with van der Waals surface area (Å²) in [6.45, 7) is 2.76. The Kier molecular flexibility index (Phi) is 4.86. The number of aromatic nitrogens is 1. The fourth-order valence-electron chi connectivity index (χ4n) is 4.08. The van der Waals surface area contributed by atoms with Gasteiger partial charge in [0.05, 0.1) is 5.52 Å². The third-order valence-electron chi connectivity index (χ3n) is 5.55. The van der Waals surface area contributed by atoms with Gasteiger partial charge in [-0.2, -0.15) is 4.31 Å². The molecule has 0 spiro atoms. The maximum atomic E-state index is 14.1. The molecule has 142 valence electrons. The van der Waals surface area contributed by atoms with E-state index in [9.17, 15) is 12.8 Å². The van der Waals surface area contributed by atoms with Crippen LogP contribution in [0.15, 0.2) is 59.4 Å². The van der Waals surface area contributed by atoms with Crippen LogP contribution >= 0.6 is 0 Å². The molecule has 0 N–H and O–H groups in total. The minimum atomic E-state index is -3.62. The molecule has 0 bridgehead atoms. The molecule has 2 aromatic rings. The van der Waals surface area contributed by atoms with Gasteiger partial charge in [0.2, 0.25) is 10.0 Å². The Morgan fingerprint density at radius 1 is 1.22 bits per heavy atom. The summed E-state index contributed by atoms with van der Waals surface area (Å²) in [6, 6.07) is 7.21. The average molecular weight is 386 g/mol. The molecule has 1 atom stereocenters. The Morgan fingerprint density at radius 3 is 2.74 bits per heavy atom. The zero-order chi connectivity index (χ0) is 19.0. The molecule has 4 nitrogen and oxygen atoms in total. The highest BCUT2D eigenvalue weighted by molar-refractivity contribution is 7.89. The summed E-state index contributed by atoms with van der Waals surface area (Å²) in [6.07, 6.45) is 9.19. The second-order valence-corrected chi connectivity index (χ2v) is 9.27. The molecular weight excluding hydrogens is 363 g/mol. The Labute approximate surface area is 159 Å². The molecule has 1 aliphatic heterocycles. The molecule has 2 aliphatic rings. The number of sulfonamides is 1. The van der Waals surface area contributed by atoms with Gasteiger partial charge in [-0.3, -0.25) is 4.98 Å². The number of hydrogen-bond donors (Lipinski definition) is 0. The lowest BCUT2D eigenvalue weighted by Gasteiger charge is -2.34. The van der Waals surface area contributed by atoms with Gasteiger partial charge in [0.25, 0.3) is 0 Å². The Hall–Kier alpha value is -2.05. The highest BCUT2D eigenvalue weighted by atomic mass is 32.2. The summed E-state index contributed by atoms with van der Waals surface area (Å²) in [5.74, 6) is -0.129. The smallest absolute Gasteiger partial charge is 0.245 e. The third-order valence-corrected chi connectivity index (χ3v) is 7.48. The maximum absolute atomic E-state index is 14.1. The predicted octanol–water partition coefficient (Wildman–Crippen LogP) is 4.37. The first-order valence-electron chi connectivity index (χ1n) is 9.34. The molecule has 0 radical (unpaired) electrons. The largest absolute Gasteiger partial charge is 0.255 e. The van der Waals surface area contributed by atoms with Crippen LogP contribution in [0.5, 0.6) is 0 Å². The average Bonchev–Trinajstić information content (AvgIpc) is 2.68. The molecule has 1 aromatic heterocycles. The van der Waals surface area contributed by atoms with Crippen LogP contribution in [0.3, 0.4) is 0 Å². The van der Waals surface area contributed by atoms with E-state index in [1.54, 1.807) is 24.4 Å². The fourth-order valence-corrected chi connectivity index (χ4v) is 5.72. The van der Waals surface area contributed by atoms with Gasteiger partial charge >= 0.3 is 0 Å². The Balaban J connectivity index is 1.57. The van der Waals surface area contributed by atoms with E-state index >= 15 is 0 Å². The highest BCUT2D eigenvalue weighted by Crippen LogP contribution is 2.36. The molecule has 1 saturated heterocycles. The summed E-state index contributed by atoms with van der Waals surface area (Å²) >= 11 is 0. The molecule has 6 heteroatoms. The van der Waals surface area contributed by atoms with Crippen molar-refractivity contribution in [2.45, 2.75) is 31.1 Å². The van der Waals surface area contributed by atoms with E-state index in [0.29, 0.717) is 37.9 Å².